The fraction of sp³-hybridized carbons (Fsp3) is 0.435. The third-order valence-electron chi connectivity index (χ3n) is 5.24. The monoisotopic (exact) mass is 517 g/mol. The van der Waals surface area contributed by atoms with Crippen LogP contribution in [0.3, 0.4) is 0 Å². The van der Waals surface area contributed by atoms with Gasteiger partial charge in [0.2, 0.25) is 0 Å². The molecule has 3 rings (SSSR count). The van der Waals surface area contributed by atoms with Gasteiger partial charge in [-0.1, -0.05) is 6.92 Å². The summed E-state index contributed by atoms with van der Waals surface area (Å²) in [7, 11) is -1.52. The van der Waals surface area contributed by atoms with Crippen LogP contribution in [0.1, 0.15) is 30.9 Å². The van der Waals surface area contributed by atoms with E-state index in [0.717, 1.165) is 35.3 Å². The van der Waals surface area contributed by atoms with Gasteiger partial charge in [0.1, 0.15) is 22.5 Å². The first-order valence-electron chi connectivity index (χ1n) is 10.7. The summed E-state index contributed by atoms with van der Waals surface area (Å²) >= 11 is 1.69. The summed E-state index contributed by atoms with van der Waals surface area (Å²) in [6.07, 6.45) is -2.36. The molecule has 0 bridgehead atoms. The maximum absolute atomic E-state index is 13.2. The molecule has 0 fully saturated rings. The Labute approximate surface area is 203 Å². The zero-order valence-corrected chi connectivity index (χ0v) is 20.4. The van der Waals surface area contributed by atoms with Crippen molar-refractivity contribution in [2.24, 2.45) is 0 Å². The number of alkyl halides is 3. The number of carboxylic acid groups (broad SMARTS) is 1. The van der Waals surface area contributed by atoms with Gasteiger partial charge < -0.3 is 14.6 Å². The molecule has 34 heavy (non-hydrogen) atoms. The molecule has 11 heteroatoms. The van der Waals surface area contributed by atoms with Crippen molar-refractivity contribution < 1.29 is 36.8 Å². The van der Waals surface area contributed by atoms with Crippen LogP contribution in [0.25, 0.3) is 0 Å². The zero-order valence-electron chi connectivity index (χ0n) is 18.8. The molecule has 186 valence electrons. The fourth-order valence-corrected chi connectivity index (χ4v) is 6.54. The molecule has 1 aliphatic heterocycles. The molecule has 1 unspecified atom stereocenters. The topological polar surface area (TPSA) is 76.1 Å². The molecule has 0 radical (unpaired) electrons. The van der Waals surface area contributed by atoms with Crippen molar-refractivity contribution in [3.05, 3.63) is 47.5 Å². The predicted octanol–water partition coefficient (Wildman–Crippen LogP) is 5.20. The lowest BCUT2D eigenvalue weighted by molar-refractivity contribution is -0.274. The van der Waals surface area contributed by atoms with Crippen molar-refractivity contribution in [2.45, 2.75) is 54.5 Å². The highest BCUT2D eigenvalue weighted by Crippen LogP contribution is 2.40. The van der Waals surface area contributed by atoms with Crippen molar-refractivity contribution in [2.75, 3.05) is 19.7 Å². The van der Waals surface area contributed by atoms with Gasteiger partial charge in [-0.05, 0) is 73.7 Å². The van der Waals surface area contributed by atoms with Crippen molar-refractivity contribution in [3.63, 3.8) is 0 Å². The van der Waals surface area contributed by atoms with Crippen molar-refractivity contribution in [1.29, 1.82) is 0 Å². The normalized spacial score (nSPS) is 16.7. The van der Waals surface area contributed by atoms with Gasteiger partial charge in [0, 0.05) is 23.2 Å². The van der Waals surface area contributed by atoms with E-state index in [1.807, 2.05) is 24.2 Å². The van der Waals surface area contributed by atoms with Gasteiger partial charge in [0.25, 0.3) is 0 Å². The first kappa shape index (κ1) is 26.4. The van der Waals surface area contributed by atoms with E-state index in [-0.39, 0.29) is 11.0 Å². The van der Waals surface area contributed by atoms with Crippen LogP contribution in [0, 0.1) is 6.92 Å². The van der Waals surface area contributed by atoms with E-state index in [1.165, 1.54) is 24.3 Å². The molecular weight excluding hydrogens is 491 g/mol. The SMILES string of the molecule is CCCN(C[C@H]1CCc2c(ccc(OCC(=O)O)c2C)S1)S(=O)c1ccc(OC(F)(F)F)cc1. The highest BCUT2D eigenvalue weighted by atomic mass is 32.2. The van der Waals surface area contributed by atoms with E-state index in [0.29, 0.717) is 23.7 Å². The minimum Gasteiger partial charge on any atom is -0.482 e. The molecule has 1 heterocycles. The van der Waals surface area contributed by atoms with E-state index in [4.69, 9.17) is 9.84 Å². The largest absolute Gasteiger partial charge is 0.573 e. The number of benzene rings is 2. The van der Waals surface area contributed by atoms with Gasteiger partial charge in [-0.2, -0.15) is 0 Å². The molecule has 2 aromatic rings. The lowest BCUT2D eigenvalue weighted by Gasteiger charge is -2.30. The molecule has 0 aromatic heterocycles. The van der Waals surface area contributed by atoms with Gasteiger partial charge in [-0.3, -0.25) is 0 Å². The third-order valence-corrected chi connectivity index (χ3v) is 8.07. The number of carbonyl (C=O) groups is 1. The van der Waals surface area contributed by atoms with Crippen molar-refractivity contribution >= 4 is 28.7 Å². The maximum Gasteiger partial charge on any atom is 0.573 e. The Hall–Kier alpha value is -2.24. The first-order valence-corrected chi connectivity index (χ1v) is 12.7. The summed E-state index contributed by atoms with van der Waals surface area (Å²) in [5.41, 5.74) is 2.06. The molecular formula is C23H26F3NO5S2. The predicted molar refractivity (Wildman–Crippen MR) is 124 cm³/mol. The van der Waals surface area contributed by atoms with Gasteiger partial charge in [-0.15, -0.1) is 24.9 Å². The fourth-order valence-electron chi connectivity index (χ4n) is 3.73. The average Bonchev–Trinajstić information content (AvgIpc) is 2.77. The number of aliphatic carboxylic acids is 1. The standard InChI is InChI=1S/C23H26F3NO5S2/c1-3-12-27(34(30)18-7-4-16(5-8-18)32-23(24,25)26)13-17-6-9-19-15(2)20(31-14-22(28)29)10-11-21(19)33-17/h4-5,7-8,10-11,17H,3,6,9,12-14H2,1-2H3,(H,28,29)/t17-,34?/m1/s1. The summed E-state index contributed by atoms with van der Waals surface area (Å²) in [5.74, 6) is -0.818. The van der Waals surface area contributed by atoms with Crippen LogP contribution in [-0.4, -0.2) is 50.9 Å². The summed E-state index contributed by atoms with van der Waals surface area (Å²) in [5, 5.41) is 9.02. The Bertz CT molecular complexity index is 1030. The Kier molecular flexibility index (Phi) is 8.89. The van der Waals surface area contributed by atoms with E-state index in [1.54, 1.807) is 17.8 Å². The molecule has 2 atom stereocenters. The number of hydrogen-bond acceptors (Lipinski definition) is 5. The Balaban J connectivity index is 1.68. The number of halogens is 3. The minimum atomic E-state index is -4.77. The van der Waals surface area contributed by atoms with Gasteiger partial charge in [-0.25, -0.2) is 13.3 Å². The Morgan fingerprint density at radius 3 is 2.56 bits per heavy atom. The third kappa shape index (κ3) is 7.13. The van der Waals surface area contributed by atoms with Gasteiger partial charge >= 0.3 is 12.3 Å². The average molecular weight is 518 g/mol. The number of hydrogen-bond donors (Lipinski definition) is 1. The van der Waals surface area contributed by atoms with Crippen LogP contribution in [0.15, 0.2) is 46.2 Å². The van der Waals surface area contributed by atoms with Crippen molar-refractivity contribution in [1.82, 2.24) is 4.31 Å². The number of nitrogens with zero attached hydrogens (tertiary/aromatic N) is 1. The van der Waals surface area contributed by atoms with Crippen LogP contribution in [-0.2, 0) is 22.2 Å². The highest BCUT2D eigenvalue weighted by molar-refractivity contribution is 8.00. The van der Waals surface area contributed by atoms with Crippen molar-refractivity contribution in [3.8, 4) is 11.5 Å². The highest BCUT2D eigenvalue weighted by Gasteiger charge is 2.31. The second-order valence-corrected chi connectivity index (χ2v) is 10.6. The molecule has 0 aliphatic carbocycles. The van der Waals surface area contributed by atoms with E-state index in [9.17, 15) is 22.2 Å². The maximum atomic E-state index is 13.2. The van der Waals surface area contributed by atoms with Gasteiger partial charge in [0.05, 0.1) is 4.90 Å². The van der Waals surface area contributed by atoms with Crippen LogP contribution < -0.4 is 9.47 Å². The smallest absolute Gasteiger partial charge is 0.482 e. The molecule has 6 nitrogen and oxygen atoms in total. The number of rotatable bonds is 10. The molecule has 0 saturated heterocycles. The van der Waals surface area contributed by atoms with Crippen LogP contribution >= 0.6 is 11.8 Å². The summed E-state index contributed by atoms with van der Waals surface area (Å²) in [4.78, 5) is 12.3. The Morgan fingerprint density at radius 2 is 1.94 bits per heavy atom. The molecule has 0 amide bonds. The molecule has 1 aliphatic rings. The quantitative estimate of drug-likeness (QED) is 0.467. The minimum absolute atomic E-state index is 0.182. The van der Waals surface area contributed by atoms with E-state index >= 15 is 0 Å². The Morgan fingerprint density at radius 1 is 1.24 bits per heavy atom. The number of fused-ring (bicyclic) bond motifs is 1. The van der Waals surface area contributed by atoms with Gasteiger partial charge in [0.15, 0.2) is 6.61 Å². The van der Waals surface area contributed by atoms with Crippen LogP contribution in [0.2, 0.25) is 0 Å². The molecule has 1 N–H and O–H groups in total. The van der Waals surface area contributed by atoms with Crippen LogP contribution in [0.4, 0.5) is 13.2 Å². The summed E-state index contributed by atoms with van der Waals surface area (Å²) in [6, 6.07) is 8.83. The summed E-state index contributed by atoms with van der Waals surface area (Å²) in [6.45, 7) is 4.65. The van der Waals surface area contributed by atoms with E-state index in [2.05, 4.69) is 4.74 Å². The lowest BCUT2D eigenvalue weighted by atomic mass is 10.0. The number of carboxylic acids is 1. The second-order valence-electron chi connectivity index (χ2n) is 7.78. The molecule has 2 aromatic carbocycles. The summed E-state index contributed by atoms with van der Waals surface area (Å²) < 4.78 is 61.5. The second kappa shape index (κ2) is 11.5. The molecule has 0 saturated carbocycles. The number of thioether (sulfide) groups is 1. The van der Waals surface area contributed by atoms with Crippen LogP contribution in [0.5, 0.6) is 11.5 Å². The lowest BCUT2D eigenvalue weighted by Crippen LogP contribution is -2.34. The first-order chi connectivity index (χ1) is 16.1. The number of ether oxygens (including phenoxy) is 2. The molecule has 0 spiro atoms. The van der Waals surface area contributed by atoms with E-state index < -0.39 is 29.9 Å². The zero-order chi connectivity index (χ0) is 24.9.